The maximum atomic E-state index is 13.6. The molecule has 6 atom stereocenters. The molecular weight excluding hydrogens is 384 g/mol. The van der Waals surface area contributed by atoms with E-state index in [2.05, 4.69) is 6.92 Å². The lowest BCUT2D eigenvalue weighted by Crippen LogP contribution is -2.47. The Balaban J connectivity index is 1.81. The highest BCUT2D eigenvalue weighted by Gasteiger charge is 2.60. The van der Waals surface area contributed by atoms with E-state index in [0.29, 0.717) is 22.7 Å². The van der Waals surface area contributed by atoms with Gasteiger partial charge >= 0.3 is 0 Å². The summed E-state index contributed by atoms with van der Waals surface area (Å²) in [5.41, 5.74) is 4.48. The van der Waals surface area contributed by atoms with Gasteiger partial charge in [0.2, 0.25) is 0 Å². The lowest BCUT2D eigenvalue weighted by molar-refractivity contribution is -0.185. The lowest BCUT2D eigenvalue weighted by atomic mass is 9.73. The standard InChI is InChI=1S/C24H28O6/c1-9-13(5)28-22-18-16(8-15(25)11(3)17(9)18)29-23-19(22)21(26)12(4)20-10(2)14(6)30-24(20,23)27-7/h8-10,13-14,22,25H,1-7H3/t9-,10-,13-,14-,22-,24-/m1/s1. The number of aromatic hydroxyl groups is 1. The Morgan fingerprint density at radius 3 is 2.43 bits per heavy atom. The second-order valence-electron chi connectivity index (χ2n) is 9.00. The molecule has 0 spiro atoms. The van der Waals surface area contributed by atoms with Gasteiger partial charge in [0.1, 0.15) is 17.6 Å². The van der Waals surface area contributed by atoms with Gasteiger partial charge in [0.15, 0.2) is 11.5 Å². The zero-order chi connectivity index (χ0) is 21.7. The molecule has 6 nitrogen and oxygen atoms in total. The van der Waals surface area contributed by atoms with Crippen LogP contribution in [0.5, 0.6) is 11.5 Å². The minimum atomic E-state index is -1.26. The van der Waals surface area contributed by atoms with Crippen molar-refractivity contribution in [2.24, 2.45) is 5.92 Å². The van der Waals surface area contributed by atoms with Crippen LogP contribution < -0.4 is 4.74 Å². The molecule has 1 N–H and O–H groups in total. The van der Waals surface area contributed by atoms with E-state index < -0.39 is 11.9 Å². The minimum absolute atomic E-state index is 0.00106. The second-order valence-corrected chi connectivity index (χ2v) is 9.00. The van der Waals surface area contributed by atoms with Gasteiger partial charge < -0.3 is 24.1 Å². The number of ketones is 1. The highest BCUT2D eigenvalue weighted by Crippen LogP contribution is 2.59. The first-order valence-corrected chi connectivity index (χ1v) is 10.6. The van der Waals surface area contributed by atoms with Crippen molar-refractivity contribution in [2.75, 3.05) is 7.11 Å². The molecular formula is C24H28O6. The van der Waals surface area contributed by atoms with Gasteiger partial charge in [-0.1, -0.05) is 13.8 Å². The zero-order valence-electron chi connectivity index (χ0n) is 18.5. The van der Waals surface area contributed by atoms with Crippen LogP contribution in [0.25, 0.3) is 0 Å². The van der Waals surface area contributed by atoms with Crippen LogP contribution in [0, 0.1) is 12.8 Å². The molecule has 3 aliphatic heterocycles. The van der Waals surface area contributed by atoms with Crippen LogP contribution in [-0.2, 0) is 19.0 Å². The number of rotatable bonds is 1. The van der Waals surface area contributed by atoms with E-state index in [-0.39, 0.29) is 35.6 Å². The molecule has 0 aromatic heterocycles. The van der Waals surface area contributed by atoms with Crippen LogP contribution in [0.15, 0.2) is 28.5 Å². The third-order valence-electron chi connectivity index (χ3n) is 7.54. The summed E-state index contributed by atoms with van der Waals surface area (Å²) in [5, 5.41) is 10.6. The summed E-state index contributed by atoms with van der Waals surface area (Å²) in [6.07, 6.45) is -0.871. The number of hydrogen-bond acceptors (Lipinski definition) is 6. The van der Waals surface area contributed by atoms with Crippen molar-refractivity contribution < 1.29 is 28.8 Å². The molecule has 0 radical (unpaired) electrons. The van der Waals surface area contributed by atoms with Crippen LogP contribution >= 0.6 is 0 Å². The van der Waals surface area contributed by atoms with Gasteiger partial charge in [-0.2, -0.15) is 0 Å². The monoisotopic (exact) mass is 412 g/mol. The molecule has 4 aliphatic rings. The molecule has 0 amide bonds. The Morgan fingerprint density at radius 2 is 1.77 bits per heavy atom. The Hall–Kier alpha value is -2.15. The molecule has 5 rings (SSSR count). The van der Waals surface area contributed by atoms with E-state index in [0.717, 1.165) is 22.3 Å². The molecule has 160 valence electrons. The summed E-state index contributed by atoms with van der Waals surface area (Å²) in [4.78, 5) is 13.6. The fourth-order valence-electron chi connectivity index (χ4n) is 5.62. The topological polar surface area (TPSA) is 74.2 Å². The maximum absolute atomic E-state index is 13.6. The third kappa shape index (κ3) is 2.17. The van der Waals surface area contributed by atoms with Crippen molar-refractivity contribution in [1.29, 1.82) is 0 Å². The average molecular weight is 412 g/mol. The number of allylic oxidation sites excluding steroid dienone is 1. The Labute approximate surface area is 176 Å². The van der Waals surface area contributed by atoms with Gasteiger partial charge in [0.25, 0.3) is 5.79 Å². The van der Waals surface area contributed by atoms with E-state index in [1.165, 1.54) is 0 Å². The number of carbonyl (C=O) groups excluding carboxylic acids is 1. The van der Waals surface area contributed by atoms with Gasteiger partial charge in [-0.25, -0.2) is 0 Å². The molecule has 30 heavy (non-hydrogen) atoms. The maximum Gasteiger partial charge on any atom is 0.253 e. The molecule has 0 unspecified atom stereocenters. The molecule has 1 saturated heterocycles. The number of phenols is 1. The summed E-state index contributed by atoms with van der Waals surface area (Å²) < 4.78 is 25.1. The van der Waals surface area contributed by atoms with Gasteiger partial charge in [0.05, 0.1) is 17.8 Å². The number of carbonyl (C=O) groups is 1. The number of hydrogen-bond donors (Lipinski definition) is 1. The first-order valence-electron chi connectivity index (χ1n) is 10.6. The van der Waals surface area contributed by atoms with E-state index >= 15 is 0 Å². The molecule has 0 saturated carbocycles. The van der Waals surface area contributed by atoms with E-state index in [1.807, 2.05) is 34.6 Å². The third-order valence-corrected chi connectivity index (χ3v) is 7.54. The van der Waals surface area contributed by atoms with Crippen LogP contribution in [0.3, 0.4) is 0 Å². The molecule has 1 fully saturated rings. The van der Waals surface area contributed by atoms with Gasteiger partial charge in [-0.3, -0.25) is 4.79 Å². The summed E-state index contributed by atoms with van der Waals surface area (Å²) >= 11 is 0. The van der Waals surface area contributed by atoms with Crippen molar-refractivity contribution in [3.63, 3.8) is 0 Å². The summed E-state index contributed by atoms with van der Waals surface area (Å²) in [5.74, 6) is -0.303. The fourth-order valence-corrected chi connectivity index (χ4v) is 5.62. The Bertz CT molecular complexity index is 1050. The van der Waals surface area contributed by atoms with Crippen LogP contribution in [0.1, 0.15) is 63.3 Å². The highest BCUT2D eigenvalue weighted by molar-refractivity contribution is 6.11. The summed E-state index contributed by atoms with van der Waals surface area (Å²) in [6.45, 7) is 11.8. The highest BCUT2D eigenvalue weighted by atomic mass is 16.7. The Morgan fingerprint density at radius 1 is 1.07 bits per heavy atom. The first-order chi connectivity index (χ1) is 14.1. The largest absolute Gasteiger partial charge is 0.508 e. The van der Waals surface area contributed by atoms with Crippen molar-refractivity contribution >= 4 is 5.78 Å². The molecule has 1 aliphatic carbocycles. The lowest BCUT2D eigenvalue weighted by Gasteiger charge is -2.45. The van der Waals surface area contributed by atoms with Crippen LogP contribution in [0.4, 0.5) is 0 Å². The van der Waals surface area contributed by atoms with Crippen molar-refractivity contribution in [3.8, 4) is 11.5 Å². The summed E-state index contributed by atoms with van der Waals surface area (Å²) in [6, 6.07) is 1.61. The first kappa shape index (κ1) is 19.8. The van der Waals surface area contributed by atoms with E-state index in [9.17, 15) is 9.90 Å². The zero-order valence-corrected chi connectivity index (χ0v) is 18.5. The van der Waals surface area contributed by atoms with Crippen molar-refractivity contribution in [1.82, 2.24) is 0 Å². The number of ether oxygens (including phenoxy) is 4. The molecule has 3 heterocycles. The minimum Gasteiger partial charge on any atom is -0.508 e. The molecule has 6 heteroatoms. The van der Waals surface area contributed by atoms with Crippen LogP contribution in [-0.4, -0.2) is 36.0 Å². The normalized spacial score (nSPS) is 37.0. The second kappa shape index (κ2) is 6.19. The molecule has 1 aromatic carbocycles. The number of methoxy groups -OCH3 is 1. The number of benzene rings is 1. The fraction of sp³-hybridized carbons (Fsp3) is 0.542. The van der Waals surface area contributed by atoms with Crippen molar-refractivity contribution in [2.45, 2.75) is 71.6 Å². The average Bonchev–Trinajstić information content (AvgIpc) is 2.97. The van der Waals surface area contributed by atoms with Crippen LogP contribution in [0.2, 0.25) is 0 Å². The predicted molar refractivity (Wildman–Crippen MR) is 109 cm³/mol. The van der Waals surface area contributed by atoms with Gasteiger partial charge in [-0.15, -0.1) is 0 Å². The SMILES string of the molecule is CO[C@@]12O[C@H](C)[C@@H](C)C1=C(C)C(=O)C1=C2Oc2cc(O)c(C)c3c2[C@H]1O[C@H](C)[C@H]3C. The predicted octanol–water partition coefficient (Wildman–Crippen LogP) is 4.21. The van der Waals surface area contributed by atoms with Gasteiger partial charge in [0, 0.05) is 41.7 Å². The van der Waals surface area contributed by atoms with Gasteiger partial charge in [-0.05, 0) is 38.8 Å². The molecule has 1 aromatic rings. The van der Waals surface area contributed by atoms with E-state index in [1.54, 1.807) is 13.2 Å². The smallest absolute Gasteiger partial charge is 0.253 e. The molecule has 0 bridgehead atoms. The Kier molecular flexibility index (Phi) is 4.08. The van der Waals surface area contributed by atoms with E-state index in [4.69, 9.17) is 18.9 Å². The summed E-state index contributed by atoms with van der Waals surface area (Å²) in [7, 11) is 1.57. The number of fused-ring (bicyclic) bond motifs is 3. The number of Topliss-reactive ketones (excluding diaryl/α,β-unsaturated/α-hetero) is 1. The quantitative estimate of drug-likeness (QED) is 0.745. The number of phenolic OH excluding ortho intramolecular Hbond substituents is 1. The van der Waals surface area contributed by atoms with Crippen molar-refractivity contribution in [3.05, 3.63) is 45.2 Å².